The van der Waals surface area contributed by atoms with Crippen LogP contribution in [0.25, 0.3) is 0 Å². The van der Waals surface area contributed by atoms with Gasteiger partial charge in [0.15, 0.2) is 0 Å². The molecule has 1 aromatic carbocycles. The largest absolute Gasteiger partial charge is 0.488 e. The van der Waals surface area contributed by atoms with E-state index in [0.717, 1.165) is 18.5 Å². The molecular formula is C16H20ClNO2. The van der Waals surface area contributed by atoms with Gasteiger partial charge in [-0.2, -0.15) is 0 Å². The van der Waals surface area contributed by atoms with E-state index in [9.17, 15) is 0 Å². The molecule has 1 aliphatic rings. The molecule has 0 fully saturated rings. The fraction of sp³-hybridized carbons (Fsp3) is 0.375. The summed E-state index contributed by atoms with van der Waals surface area (Å²) in [6.45, 7) is 5.02. The average Bonchev–Trinajstić information content (AvgIpc) is 2.92. The zero-order chi connectivity index (χ0) is 14.4. The van der Waals surface area contributed by atoms with Crippen LogP contribution in [0.5, 0.6) is 5.75 Å². The molecule has 108 valence electrons. The number of halogens is 1. The Bertz CT molecular complexity index is 487. The first-order chi connectivity index (χ1) is 9.72. The van der Waals surface area contributed by atoms with Crippen molar-refractivity contribution in [2.45, 2.75) is 19.0 Å². The lowest BCUT2D eigenvalue weighted by Crippen LogP contribution is -2.26. The molecule has 0 aromatic heterocycles. The van der Waals surface area contributed by atoms with Crippen molar-refractivity contribution in [3.63, 3.8) is 0 Å². The molecule has 2 rings (SSSR count). The van der Waals surface area contributed by atoms with Crippen molar-refractivity contribution in [1.82, 2.24) is 5.32 Å². The van der Waals surface area contributed by atoms with E-state index in [2.05, 4.69) is 24.0 Å². The van der Waals surface area contributed by atoms with Crippen LogP contribution >= 0.6 is 11.6 Å². The second-order valence-electron chi connectivity index (χ2n) is 4.92. The van der Waals surface area contributed by atoms with Crippen LogP contribution < -0.4 is 10.1 Å². The molecule has 0 saturated carbocycles. The lowest BCUT2D eigenvalue weighted by atomic mass is 10.1. The lowest BCUT2D eigenvalue weighted by Gasteiger charge is -2.13. The Kier molecular flexibility index (Phi) is 5.65. The number of hydrogen-bond donors (Lipinski definition) is 2. The van der Waals surface area contributed by atoms with Gasteiger partial charge in [0, 0.05) is 25.1 Å². The van der Waals surface area contributed by atoms with Gasteiger partial charge in [-0.3, -0.25) is 0 Å². The molecule has 0 bridgehead atoms. The molecule has 20 heavy (non-hydrogen) atoms. The summed E-state index contributed by atoms with van der Waals surface area (Å²) in [5.74, 6) is 0.960. The quantitative estimate of drug-likeness (QED) is 0.760. The summed E-state index contributed by atoms with van der Waals surface area (Å²) in [5, 5.41) is 13.1. The number of aliphatic hydroxyl groups excluding tert-OH is 1. The van der Waals surface area contributed by atoms with Crippen LogP contribution in [0.3, 0.4) is 0 Å². The highest BCUT2D eigenvalue weighted by Crippen LogP contribution is 2.26. The third-order valence-corrected chi connectivity index (χ3v) is 3.62. The molecule has 0 amide bonds. The van der Waals surface area contributed by atoms with E-state index in [0.29, 0.717) is 23.4 Å². The summed E-state index contributed by atoms with van der Waals surface area (Å²) in [6.07, 6.45) is 6.82. The monoisotopic (exact) mass is 293 g/mol. The van der Waals surface area contributed by atoms with Crippen LogP contribution in [-0.4, -0.2) is 24.4 Å². The molecule has 0 spiro atoms. The summed E-state index contributed by atoms with van der Waals surface area (Å²) in [7, 11) is 0. The third-order valence-electron chi connectivity index (χ3n) is 3.33. The predicted molar refractivity (Wildman–Crippen MR) is 82.1 cm³/mol. The number of benzene rings is 1. The summed E-state index contributed by atoms with van der Waals surface area (Å²) < 4.78 is 5.44. The number of hydrogen-bond acceptors (Lipinski definition) is 3. The first-order valence-electron chi connectivity index (χ1n) is 6.77. The SMILES string of the molecule is C=CCOc1ccc(CN[C@@H]2C=C[C@H](CO)C2)cc1Cl. The summed E-state index contributed by atoms with van der Waals surface area (Å²) in [6, 6.07) is 6.11. The van der Waals surface area contributed by atoms with Gasteiger partial charge >= 0.3 is 0 Å². The second kappa shape index (κ2) is 7.48. The lowest BCUT2D eigenvalue weighted by molar-refractivity contribution is 0.246. The zero-order valence-electron chi connectivity index (χ0n) is 11.4. The highest BCUT2D eigenvalue weighted by molar-refractivity contribution is 6.32. The minimum atomic E-state index is 0.218. The van der Waals surface area contributed by atoms with Crippen LogP contribution in [0.1, 0.15) is 12.0 Å². The summed E-state index contributed by atoms with van der Waals surface area (Å²) in [5.41, 5.74) is 1.11. The Morgan fingerprint density at radius 1 is 1.45 bits per heavy atom. The summed E-state index contributed by atoms with van der Waals surface area (Å²) >= 11 is 6.17. The molecule has 0 unspecified atom stereocenters. The Labute approximate surface area is 124 Å². The number of ether oxygens (including phenoxy) is 1. The van der Waals surface area contributed by atoms with Gasteiger partial charge in [0.2, 0.25) is 0 Å². The van der Waals surface area contributed by atoms with E-state index in [1.807, 2.05) is 18.2 Å². The summed E-state index contributed by atoms with van der Waals surface area (Å²) in [4.78, 5) is 0. The molecule has 1 aromatic rings. The first-order valence-corrected chi connectivity index (χ1v) is 7.15. The molecule has 4 heteroatoms. The molecule has 2 N–H and O–H groups in total. The first kappa shape index (κ1) is 15.1. The normalized spacial score (nSPS) is 21.1. The van der Waals surface area contributed by atoms with Crippen molar-refractivity contribution in [3.8, 4) is 5.75 Å². The number of nitrogens with one attached hydrogen (secondary N) is 1. The van der Waals surface area contributed by atoms with Gasteiger partial charge < -0.3 is 15.2 Å². The Morgan fingerprint density at radius 2 is 2.30 bits per heavy atom. The van der Waals surface area contributed by atoms with E-state index in [1.54, 1.807) is 6.08 Å². The molecule has 3 nitrogen and oxygen atoms in total. The van der Waals surface area contributed by atoms with Crippen LogP contribution in [0, 0.1) is 5.92 Å². The van der Waals surface area contributed by atoms with E-state index < -0.39 is 0 Å². The Morgan fingerprint density at radius 3 is 2.95 bits per heavy atom. The van der Waals surface area contributed by atoms with E-state index >= 15 is 0 Å². The highest BCUT2D eigenvalue weighted by Gasteiger charge is 2.17. The minimum absolute atomic E-state index is 0.218. The smallest absolute Gasteiger partial charge is 0.138 e. The maximum Gasteiger partial charge on any atom is 0.138 e. The van der Waals surface area contributed by atoms with E-state index in [-0.39, 0.29) is 12.5 Å². The van der Waals surface area contributed by atoms with Gasteiger partial charge in [-0.1, -0.05) is 42.5 Å². The Hall–Kier alpha value is -1.29. The van der Waals surface area contributed by atoms with Gasteiger partial charge in [-0.15, -0.1) is 0 Å². The van der Waals surface area contributed by atoms with Crippen molar-refractivity contribution in [1.29, 1.82) is 0 Å². The van der Waals surface area contributed by atoms with Crippen molar-refractivity contribution in [2.24, 2.45) is 5.92 Å². The minimum Gasteiger partial charge on any atom is -0.488 e. The standard InChI is InChI=1S/C16H20ClNO2/c1-2-7-20-16-6-4-12(9-15(16)17)10-18-14-5-3-13(8-14)11-19/h2-6,9,13-14,18-19H,1,7-8,10-11H2/t13-,14+/m0/s1. The third kappa shape index (κ3) is 4.10. The molecule has 0 radical (unpaired) electrons. The molecular weight excluding hydrogens is 274 g/mol. The predicted octanol–water partition coefficient (Wildman–Crippen LogP) is 2.93. The van der Waals surface area contributed by atoms with Crippen LogP contribution in [0.4, 0.5) is 0 Å². The maximum atomic E-state index is 9.09. The molecule has 0 heterocycles. The maximum absolute atomic E-state index is 9.09. The second-order valence-corrected chi connectivity index (χ2v) is 5.32. The number of rotatable bonds is 7. The van der Waals surface area contributed by atoms with Crippen LogP contribution in [0.15, 0.2) is 43.0 Å². The molecule has 1 aliphatic carbocycles. The average molecular weight is 294 g/mol. The van der Waals surface area contributed by atoms with E-state index in [1.165, 1.54) is 0 Å². The van der Waals surface area contributed by atoms with Gasteiger partial charge in [0.05, 0.1) is 5.02 Å². The van der Waals surface area contributed by atoms with Gasteiger partial charge in [-0.05, 0) is 24.1 Å². The van der Waals surface area contributed by atoms with Crippen molar-refractivity contribution >= 4 is 11.6 Å². The zero-order valence-corrected chi connectivity index (χ0v) is 12.1. The molecule has 0 aliphatic heterocycles. The van der Waals surface area contributed by atoms with Crippen LogP contribution in [0.2, 0.25) is 5.02 Å². The van der Waals surface area contributed by atoms with Crippen molar-refractivity contribution in [3.05, 3.63) is 53.6 Å². The topological polar surface area (TPSA) is 41.5 Å². The highest BCUT2D eigenvalue weighted by atomic mass is 35.5. The van der Waals surface area contributed by atoms with E-state index in [4.69, 9.17) is 21.4 Å². The van der Waals surface area contributed by atoms with Gasteiger partial charge in [-0.25, -0.2) is 0 Å². The fourth-order valence-electron chi connectivity index (χ4n) is 2.23. The van der Waals surface area contributed by atoms with Crippen molar-refractivity contribution < 1.29 is 9.84 Å². The fourth-order valence-corrected chi connectivity index (χ4v) is 2.49. The molecule has 0 saturated heterocycles. The molecule has 2 atom stereocenters. The number of aliphatic hydroxyl groups is 1. The van der Waals surface area contributed by atoms with Gasteiger partial charge in [0.1, 0.15) is 12.4 Å². The van der Waals surface area contributed by atoms with Crippen molar-refractivity contribution in [2.75, 3.05) is 13.2 Å². The Balaban J connectivity index is 1.86. The van der Waals surface area contributed by atoms with Crippen LogP contribution in [-0.2, 0) is 6.54 Å². The van der Waals surface area contributed by atoms with Gasteiger partial charge in [0.25, 0.3) is 0 Å².